The molecule has 0 saturated carbocycles. The van der Waals surface area contributed by atoms with Crippen molar-refractivity contribution in [1.82, 2.24) is 14.9 Å². The lowest BCUT2D eigenvalue weighted by Gasteiger charge is -2.39. The number of aryl methyl sites for hydroxylation is 1. The first kappa shape index (κ1) is 42.7. The number of ether oxygens (including phenoxy) is 2. The number of hydrogen-bond donors (Lipinski definition) is 3. The highest BCUT2D eigenvalue weighted by atomic mass is 32.2. The monoisotopic (exact) mass is 823 g/mol. The van der Waals surface area contributed by atoms with Crippen molar-refractivity contribution in [2.24, 2.45) is 0 Å². The maximum Gasteiger partial charge on any atom is 0.241 e. The molecule has 1 heterocycles. The molecule has 0 radical (unpaired) electrons. The van der Waals surface area contributed by atoms with E-state index in [1.54, 1.807) is 24.3 Å². The van der Waals surface area contributed by atoms with Crippen molar-refractivity contribution in [3.63, 3.8) is 0 Å². The van der Waals surface area contributed by atoms with Gasteiger partial charge in [0.25, 0.3) is 0 Å². The molecule has 1 aliphatic heterocycles. The summed E-state index contributed by atoms with van der Waals surface area (Å²) < 4.78 is 42.9. The summed E-state index contributed by atoms with van der Waals surface area (Å²) in [7, 11) is -1.85. The smallest absolute Gasteiger partial charge is 0.241 e. The first-order valence-electron chi connectivity index (χ1n) is 20.4. The number of carbonyl (C=O) groups excluding carboxylic acids is 1. The van der Waals surface area contributed by atoms with Gasteiger partial charge >= 0.3 is 0 Å². The van der Waals surface area contributed by atoms with Crippen molar-refractivity contribution in [3.8, 4) is 11.1 Å². The highest BCUT2D eigenvalue weighted by Crippen LogP contribution is 2.39. The molecule has 1 fully saturated rings. The van der Waals surface area contributed by atoms with E-state index in [0.29, 0.717) is 13.0 Å². The Morgan fingerprint density at radius 3 is 2.10 bits per heavy atom. The van der Waals surface area contributed by atoms with Crippen LogP contribution in [0.1, 0.15) is 70.7 Å². The van der Waals surface area contributed by atoms with E-state index in [-0.39, 0.29) is 42.7 Å². The van der Waals surface area contributed by atoms with Gasteiger partial charge < -0.3 is 19.9 Å². The number of rotatable bonds is 16. The number of nitrogens with one attached hydrogen (secondary N) is 2. The standard InChI is InChI=1S/C50H53N3O6S/c1-35-20-26-46(27-21-35)60(56,57)52-47(29-37-12-6-4-7-13-37)49(55)51-32-39-14-10-17-42(28-39)43-18-11-19-44(30-43)50-58-45(33-53(3)36(2)40-15-8-5-9-16-40)31-48(59-50)41-24-22-38(34-54)23-25-41/h4-28,30,36,45,47-48,50,52,54H,29,31-34H2,1-3H3,(H,51,55). The molecule has 1 saturated heterocycles. The van der Waals surface area contributed by atoms with Crippen LogP contribution in [-0.2, 0) is 43.9 Å². The molecule has 310 valence electrons. The third-order valence-electron chi connectivity index (χ3n) is 11.2. The van der Waals surface area contributed by atoms with Crippen molar-refractivity contribution in [2.75, 3.05) is 13.6 Å². The quantitative estimate of drug-likeness (QED) is 0.0896. The number of sulfonamides is 1. The van der Waals surface area contributed by atoms with Gasteiger partial charge in [-0.3, -0.25) is 9.69 Å². The number of aliphatic hydroxyl groups excluding tert-OH is 1. The largest absolute Gasteiger partial charge is 0.392 e. The molecule has 5 atom stereocenters. The molecule has 3 N–H and O–H groups in total. The number of benzene rings is 6. The van der Waals surface area contributed by atoms with Crippen LogP contribution in [0.4, 0.5) is 0 Å². The van der Waals surface area contributed by atoms with Crippen molar-refractivity contribution in [2.45, 2.75) is 75.3 Å². The van der Waals surface area contributed by atoms with E-state index in [1.807, 2.05) is 110 Å². The van der Waals surface area contributed by atoms with Gasteiger partial charge in [-0.05, 0) is 90.5 Å². The average molecular weight is 824 g/mol. The second-order valence-electron chi connectivity index (χ2n) is 15.6. The van der Waals surface area contributed by atoms with Crippen LogP contribution in [0.3, 0.4) is 0 Å². The fourth-order valence-corrected chi connectivity index (χ4v) is 8.74. The van der Waals surface area contributed by atoms with Crippen LogP contribution in [0.25, 0.3) is 11.1 Å². The molecule has 1 aliphatic rings. The Balaban J connectivity index is 1.07. The molecule has 7 rings (SSSR count). The van der Waals surface area contributed by atoms with Crippen LogP contribution in [0.2, 0.25) is 0 Å². The SMILES string of the molecule is Cc1ccc(S(=O)(=O)NC(Cc2ccccc2)C(=O)NCc2cccc(-c3cccc(C4OC(CN(C)C(C)c5ccccc5)CC(c5ccc(CO)cc5)O4)c3)c2)cc1. The van der Waals surface area contributed by atoms with E-state index in [9.17, 15) is 18.3 Å². The van der Waals surface area contributed by atoms with Crippen LogP contribution >= 0.6 is 0 Å². The molecular weight excluding hydrogens is 771 g/mol. The van der Waals surface area contributed by atoms with Gasteiger partial charge in [0.15, 0.2) is 6.29 Å². The minimum Gasteiger partial charge on any atom is -0.392 e. The summed E-state index contributed by atoms with van der Waals surface area (Å²) in [6.07, 6.45) is -0.101. The Morgan fingerprint density at radius 2 is 1.40 bits per heavy atom. The Bertz CT molecular complexity index is 2430. The van der Waals surface area contributed by atoms with Crippen molar-refractivity contribution < 1.29 is 27.8 Å². The number of carbonyl (C=O) groups is 1. The van der Waals surface area contributed by atoms with Gasteiger partial charge in [-0.1, -0.05) is 139 Å². The Kier molecular flexibility index (Phi) is 14.0. The first-order chi connectivity index (χ1) is 29.0. The van der Waals surface area contributed by atoms with E-state index in [4.69, 9.17) is 9.47 Å². The van der Waals surface area contributed by atoms with Gasteiger partial charge in [0.1, 0.15) is 6.04 Å². The number of likely N-dealkylation sites (N-methyl/N-ethyl adjacent to an activating group) is 1. The molecule has 0 aromatic heterocycles. The van der Waals surface area contributed by atoms with E-state index in [1.165, 1.54) is 5.56 Å². The summed E-state index contributed by atoms with van der Waals surface area (Å²) in [5, 5.41) is 12.6. The molecule has 5 unspecified atom stereocenters. The maximum absolute atomic E-state index is 13.7. The lowest BCUT2D eigenvalue weighted by molar-refractivity contribution is -0.253. The molecule has 10 heteroatoms. The first-order valence-corrected chi connectivity index (χ1v) is 21.9. The number of nitrogens with zero attached hydrogens (tertiary/aromatic N) is 1. The number of aliphatic hydroxyl groups is 1. The summed E-state index contributed by atoms with van der Waals surface area (Å²) in [5.41, 5.74) is 8.55. The van der Waals surface area contributed by atoms with Gasteiger partial charge in [0.05, 0.1) is 23.7 Å². The topological polar surface area (TPSA) is 117 Å². The van der Waals surface area contributed by atoms with Crippen LogP contribution in [0.5, 0.6) is 0 Å². The number of hydrogen-bond acceptors (Lipinski definition) is 7. The summed E-state index contributed by atoms with van der Waals surface area (Å²) in [4.78, 5) is 16.2. The molecule has 6 aromatic rings. The summed E-state index contributed by atoms with van der Waals surface area (Å²) in [5.74, 6) is -0.424. The minimum atomic E-state index is -3.97. The number of amides is 1. The molecule has 0 bridgehead atoms. The molecular formula is C50H53N3O6S. The van der Waals surface area contributed by atoms with Crippen LogP contribution in [0.15, 0.2) is 163 Å². The third-order valence-corrected chi connectivity index (χ3v) is 12.7. The zero-order valence-electron chi connectivity index (χ0n) is 34.3. The zero-order valence-corrected chi connectivity index (χ0v) is 35.1. The van der Waals surface area contributed by atoms with E-state index < -0.39 is 28.3 Å². The van der Waals surface area contributed by atoms with Gasteiger partial charge in [0.2, 0.25) is 15.9 Å². The highest BCUT2D eigenvalue weighted by molar-refractivity contribution is 7.89. The van der Waals surface area contributed by atoms with Crippen LogP contribution in [0, 0.1) is 6.92 Å². The molecule has 0 spiro atoms. The fraction of sp³-hybridized carbons (Fsp3) is 0.260. The maximum atomic E-state index is 13.7. The summed E-state index contributed by atoms with van der Waals surface area (Å²) in [6.45, 7) is 4.98. The predicted molar refractivity (Wildman–Crippen MR) is 235 cm³/mol. The van der Waals surface area contributed by atoms with Gasteiger partial charge in [-0.2, -0.15) is 4.72 Å². The van der Waals surface area contributed by atoms with Gasteiger partial charge in [-0.15, -0.1) is 0 Å². The van der Waals surface area contributed by atoms with Crippen LogP contribution in [-0.4, -0.2) is 50.1 Å². The lowest BCUT2D eigenvalue weighted by Crippen LogP contribution is -2.47. The molecule has 6 aromatic carbocycles. The second kappa shape index (κ2) is 19.7. The normalized spacial score (nSPS) is 17.9. The Morgan fingerprint density at radius 1 is 0.750 bits per heavy atom. The van der Waals surface area contributed by atoms with E-state index in [2.05, 4.69) is 59.2 Å². The van der Waals surface area contributed by atoms with Gasteiger partial charge in [0, 0.05) is 31.1 Å². The third kappa shape index (κ3) is 11.0. The average Bonchev–Trinajstić information content (AvgIpc) is 3.28. The van der Waals surface area contributed by atoms with Gasteiger partial charge in [-0.25, -0.2) is 8.42 Å². The Labute approximate surface area is 354 Å². The van der Waals surface area contributed by atoms with Crippen molar-refractivity contribution in [1.29, 1.82) is 0 Å². The Hall–Kier alpha value is -5.46. The highest BCUT2D eigenvalue weighted by Gasteiger charge is 2.34. The summed E-state index contributed by atoms with van der Waals surface area (Å²) >= 11 is 0. The molecule has 0 aliphatic carbocycles. The van der Waals surface area contributed by atoms with Crippen LogP contribution < -0.4 is 10.0 Å². The fourth-order valence-electron chi connectivity index (χ4n) is 7.55. The van der Waals surface area contributed by atoms with Crippen molar-refractivity contribution in [3.05, 3.63) is 197 Å². The predicted octanol–water partition coefficient (Wildman–Crippen LogP) is 8.60. The summed E-state index contributed by atoms with van der Waals surface area (Å²) in [6, 6.07) is 49.5. The molecule has 9 nitrogen and oxygen atoms in total. The zero-order chi connectivity index (χ0) is 42.1. The van der Waals surface area contributed by atoms with Crippen molar-refractivity contribution >= 4 is 15.9 Å². The minimum absolute atomic E-state index is 0.0203. The molecule has 1 amide bonds. The lowest BCUT2D eigenvalue weighted by atomic mass is 9.98. The van der Waals surface area contributed by atoms with E-state index in [0.717, 1.165) is 44.5 Å². The molecule has 60 heavy (non-hydrogen) atoms. The van der Waals surface area contributed by atoms with E-state index >= 15 is 0 Å². The second-order valence-corrected chi connectivity index (χ2v) is 17.3.